The zero-order chi connectivity index (χ0) is 25.2. The first-order valence-electron chi connectivity index (χ1n) is 10.8. The molecule has 1 heterocycles. The molecule has 0 spiro atoms. The van der Waals surface area contributed by atoms with E-state index in [1.807, 2.05) is 12.1 Å². The maximum atomic E-state index is 13.4. The SMILES string of the molecule is Cc1c(Cl)cccc1NC(=O)COC(=O)c1cc(S(=O)(=O)N2CCCc3ccccc32)ccc1Cl. The Bertz CT molecular complexity index is 1410. The number of hydrogen-bond acceptors (Lipinski definition) is 5. The number of halogens is 2. The number of nitrogens with one attached hydrogen (secondary N) is 1. The lowest BCUT2D eigenvalue weighted by Gasteiger charge is -2.30. The van der Waals surface area contributed by atoms with Gasteiger partial charge >= 0.3 is 5.97 Å². The highest BCUT2D eigenvalue weighted by atomic mass is 35.5. The van der Waals surface area contributed by atoms with E-state index in [4.69, 9.17) is 27.9 Å². The fourth-order valence-electron chi connectivity index (χ4n) is 3.84. The molecule has 0 atom stereocenters. The van der Waals surface area contributed by atoms with Gasteiger partial charge in [-0.25, -0.2) is 13.2 Å². The predicted molar refractivity (Wildman–Crippen MR) is 136 cm³/mol. The largest absolute Gasteiger partial charge is 0.452 e. The number of rotatable bonds is 6. The number of fused-ring (bicyclic) bond motifs is 1. The number of carbonyl (C=O) groups excluding carboxylic acids is 2. The summed E-state index contributed by atoms with van der Waals surface area (Å²) in [6.07, 6.45) is 1.47. The van der Waals surface area contributed by atoms with E-state index < -0.39 is 28.5 Å². The molecule has 0 bridgehead atoms. The van der Waals surface area contributed by atoms with Gasteiger partial charge < -0.3 is 10.1 Å². The lowest BCUT2D eigenvalue weighted by molar-refractivity contribution is -0.119. The number of esters is 1. The summed E-state index contributed by atoms with van der Waals surface area (Å²) in [6, 6.07) is 16.2. The van der Waals surface area contributed by atoms with Crippen LogP contribution < -0.4 is 9.62 Å². The van der Waals surface area contributed by atoms with Crippen molar-refractivity contribution >= 4 is 56.5 Å². The molecule has 35 heavy (non-hydrogen) atoms. The molecule has 7 nitrogen and oxygen atoms in total. The summed E-state index contributed by atoms with van der Waals surface area (Å²) in [5, 5.41) is 3.12. The second kappa shape index (κ2) is 10.3. The Kier molecular flexibility index (Phi) is 7.35. The van der Waals surface area contributed by atoms with E-state index in [1.54, 1.807) is 37.3 Å². The molecule has 1 aliphatic rings. The maximum Gasteiger partial charge on any atom is 0.340 e. The highest BCUT2D eigenvalue weighted by Gasteiger charge is 2.30. The van der Waals surface area contributed by atoms with Gasteiger partial charge in [-0.2, -0.15) is 0 Å². The van der Waals surface area contributed by atoms with Gasteiger partial charge in [-0.3, -0.25) is 9.10 Å². The van der Waals surface area contributed by atoms with Crippen molar-refractivity contribution in [2.24, 2.45) is 0 Å². The van der Waals surface area contributed by atoms with Gasteiger partial charge in [-0.1, -0.05) is 47.5 Å². The molecule has 1 N–H and O–H groups in total. The van der Waals surface area contributed by atoms with Crippen molar-refractivity contribution in [2.45, 2.75) is 24.7 Å². The number of ether oxygens (including phenoxy) is 1. The fourth-order valence-corrected chi connectivity index (χ4v) is 5.77. The third kappa shape index (κ3) is 5.29. The molecule has 0 unspecified atom stereocenters. The van der Waals surface area contributed by atoms with Gasteiger partial charge in [0.05, 0.1) is 21.2 Å². The van der Waals surface area contributed by atoms with Crippen LogP contribution in [0.3, 0.4) is 0 Å². The average molecular weight is 533 g/mol. The number of anilines is 2. The molecule has 3 aromatic carbocycles. The molecule has 0 radical (unpaired) electrons. The Hall–Kier alpha value is -3.07. The molecule has 10 heteroatoms. The van der Waals surface area contributed by atoms with Gasteiger partial charge in [0.15, 0.2) is 6.61 Å². The monoisotopic (exact) mass is 532 g/mol. The second-order valence-corrected chi connectivity index (χ2v) is 10.7. The van der Waals surface area contributed by atoms with E-state index in [1.165, 1.54) is 22.5 Å². The topological polar surface area (TPSA) is 92.8 Å². The summed E-state index contributed by atoms with van der Waals surface area (Å²) >= 11 is 12.2. The van der Waals surface area contributed by atoms with Gasteiger partial charge in [-0.15, -0.1) is 0 Å². The predicted octanol–water partition coefficient (Wildman–Crippen LogP) is 5.24. The molecule has 3 aromatic rings. The molecule has 0 aromatic heterocycles. The number of aryl methyl sites for hydroxylation is 1. The smallest absolute Gasteiger partial charge is 0.340 e. The lowest BCUT2D eigenvalue weighted by atomic mass is 10.0. The summed E-state index contributed by atoms with van der Waals surface area (Å²) in [7, 11) is -3.95. The van der Waals surface area contributed by atoms with E-state index in [0.717, 1.165) is 12.0 Å². The summed E-state index contributed by atoms with van der Waals surface area (Å²) in [5.41, 5.74) is 2.58. The minimum atomic E-state index is -3.95. The number of hydrogen-bond donors (Lipinski definition) is 1. The van der Waals surface area contributed by atoms with Crippen LogP contribution in [-0.2, 0) is 26.0 Å². The fraction of sp³-hybridized carbons (Fsp3) is 0.200. The Balaban J connectivity index is 1.51. The number of nitrogens with zero attached hydrogens (tertiary/aromatic N) is 1. The maximum absolute atomic E-state index is 13.4. The highest BCUT2D eigenvalue weighted by molar-refractivity contribution is 7.92. The molecule has 1 aliphatic heterocycles. The number of benzene rings is 3. The normalized spacial score (nSPS) is 13.2. The molecule has 1 amide bonds. The van der Waals surface area contributed by atoms with Crippen LogP contribution in [0.1, 0.15) is 27.9 Å². The molecule has 4 rings (SSSR count). The van der Waals surface area contributed by atoms with Crippen LogP contribution in [0.25, 0.3) is 0 Å². The first kappa shape index (κ1) is 25.0. The van der Waals surface area contributed by atoms with E-state index in [-0.39, 0.29) is 15.5 Å². The zero-order valence-electron chi connectivity index (χ0n) is 18.8. The number of sulfonamides is 1. The van der Waals surface area contributed by atoms with Crippen molar-refractivity contribution < 1.29 is 22.7 Å². The molecule has 182 valence electrons. The minimum Gasteiger partial charge on any atom is -0.452 e. The Morgan fingerprint density at radius 3 is 2.60 bits per heavy atom. The Labute approximate surface area is 213 Å². The lowest BCUT2D eigenvalue weighted by Crippen LogP contribution is -2.35. The third-order valence-corrected chi connectivity index (χ3v) is 8.24. The van der Waals surface area contributed by atoms with Gasteiger partial charge in [0.1, 0.15) is 0 Å². The van der Waals surface area contributed by atoms with Crippen molar-refractivity contribution in [3.05, 3.63) is 87.4 Å². The van der Waals surface area contributed by atoms with Gasteiger partial charge in [0.2, 0.25) is 0 Å². The molecular formula is C25H22Cl2N2O5S. The molecular weight excluding hydrogens is 511 g/mol. The van der Waals surface area contributed by atoms with Crippen LogP contribution in [0.15, 0.2) is 65.6 Å². The van der Waals surface area contributed by atoms with Crippen molar-refractivity contribution in [1.82, 2.24) is 0 Å². The first-order valence-corrected chi connectivity index (χ1v) is 13.0. The van der Waals surface area contributed by atoms with E-state index in [0.29, 0.717) is 34.9 Å². The van der Waals surface area contributed by atoms with Crippen LogP contribution in [0, 0.1) is 6.92 Å². The van der Waals surface area contributed by atoms with Crippen LogP contribution in [-0.4, -0.2) is 33.4 Å². The van der Waals surface area contributed by atoms with Crippen molar-refractivity contribution in [3.63, 3.8) is 0 Å². The first-order chi connectivity index (χ1) is 16.7. The molecule has 0 saturated carbocycles. The van der Waals surface area contributed by atoms with E-state index in [2.05, 4.69) is 5.32 Å². The molecule has 0 aliphatic carbocycles. The van der Waals surface area contributed by atoms with E-state index >= 15 is 0 Å². The van der Waals surface area contributed by atoms with Gasteiger partial charge in [0, 0.05) is 17.3 Å². The average Bonchev–Trinajstić information content (AvgIpc) is 2.85. The van der Waals surface area contributed by atoms with Crippen molar-refractivity contribution in [2.75, 3.05) is 22.8 Å². The highest BCUT2D eigenvalue weighted by Crippen LogP contribution is 2.33. The van der Waals surface area contributed by atoms with Crippen LogP contribution in [0.2, 0.25) is 10.0 Å². The summed E-state index contributed by atoms with van der Waals surface area (Å²) in [4.78, 5) is 24.9. The van der Waals surface area contributed by atoms with Gasteiger partial charge in [0.25, 0.3) is 15.9 Å². The summed E-state index contributed by atoms with van der Waals surface area (Å²) < 4.78 is 33.3. The van der Waals surface area contributed by atoms with Crippen LogP contribution in [0.5, 0.6) is 0 Å². The molecule has 0 fully saturated rings. The zero-order valence-corrected chi connectivity index (χ0v) is 21.1. The summed E-state index contributed by atoms with van der Waals surface area (Å²) in [6.45, 7) is 1.48. The van der Waals surface area contributed by atoms with E-state index in [9.17, 15) is 18.0 Å². The third-order valence-electron chi connectivity index (χ3n) is 5.69. The van der Waals surface area contributed by atoms with Crippen molar-refractivity contribution in [1.29, 1.82) is 0 Å². The van der Waals surface area contributed by atoms with Crippen molar-refractivity contribution in [3.8, 4) is 0 Å². The summed E-state index contributed by atoms with van der Waals surface area (Å²) in [5.74, 6) is -1.49. The van der Waals surface area contributed by atoms with Gasteiger partial charge in [-0.05, 0) is 67.3 Å². The minimum absolute atomic E-state index is 0.0130. The standard InChI is InChI=1S/C25H22Cl2N2O5S/c1-16-20(26)8-4-9-22(16)28-24(30)15-34-25(31)19-14-18(11-12-21(19)27)35(32,33)29-13-5-7-17-6-2-3-10-23(17)29/h2-4,6,8-12,14H,5,7,13,15H2,1H3,(H,28,30). The Morgan fingerprint density at radius 2 is 1.80 bits per heavy atom. The number of carbonyl (C=O) groups is 2. The number of amides is 1. The van der Waals surface area contributed by atoms with Crippen LogP contribution >= 0.6 is 23.2 Å². The Morgan fingerprint density at radius 1 is 1.03 bits per heavy atom. The second-order valence-electron chi connectivity index (χ2n) is 7.99. The quantitative estimate of drug-likeness (QED) is 0.438. The number of para-hydroxylation sites is 1. The van der Waals surface area contributed by atoms with Crippen LogP contribution in [0.4, 0.5) is 11.4 Å². The molecule has 0 saturated heterocycles.